The zero-order chi connectivity index (χ0) is 21.9. The number of carbonyl (C=O) groups excluding carboxylic acids is 1. The van der Waals surface area contributed by atoms with Crippen LogP contribution in [0.4, 0.5) is 11.4 Å². The number of hydrogen-bond donors (Lipinski definition) is 2. The quantitative estimate of drug-likeness (QED) is 0.228. The van der Waals surface area contributed by atoms with Gasteiger partial charge in [-0.3, -0.25) is 20.2 Å². The molecule has 7 nitrogen and oxygen atoms in total. The van der Waals surface area contributed by atoms with Crippen molar-refractivity contribution in [2.75, 3.05) is 11.9 Å². The number of thiocarbonyl (C=S) groups is 1. The fraction of sp³-hybridized carbons (Fsp3) is 0.364. The number of nitrogens with one attached hydrogen (secondary N) is 2. The topological polar surface area (TPSA) is 93.5 Å². The maximum absolute atomic E-state index is 12.4. The standard InChI is InChI=1S/C22H27N3O4S/c1-3-4-5-6-7-14-29-19-11-8-17(9-12-19)21(26)24-22(30)23-20-13-10-18(25(27)28)15-16(20)2/h8-13,15H,3-7,14H2,1-2H3,(H2,23,24,26,30). The Morgan fingerprint density at radius 3 is 2.43 bits per heavy atom. The Balaban J connectivity index is 1.82. The molecule has 0 fully saturated rings. The summed E-state index contributed by atoms with van der Waals surface area (Å²) in [6.45, 7) is 4.58. The van der Waals surface area contributed by atoms with Crippen molar-refractivity contribution in [3.63, 3.8) is 0 Å². The molecule has 1 amide bonds. The van der Waals surface area contributed by atoms with Crippen molar-refractivity contribution in [3.05, 3.63) is 63.7 Å². The molecule has 0 radical (unpaired) electrons. The lowest BCUT2D eigenvalue weighted by molar-refractivity contribution is -0.384. The van der Waals surface area contributed by atoms with Crippen LogP contribution >= 0.6 is 12.2 Å². The minimum atomic E-state index is -0.462. The molecule has 2 rings (SSSR count). The number of unbranched alkanes of at least 4 members (excludes halogenated alkanes) is 4. The predicted octanol–water partition coefficient (Wildman–Crippen LogP) is 5.38. The molecule has 8 heteroatoms. The fourth-order valence-electron chi connectivity index (χ4n) is 2.83. The SMILES string of the molecule is CCCCCCCOc1ccc(C(=O)NC(=S)Nc2ccc([N+](=O)[O-])cc2C)cc1. The van der Waals surface area contributed by atoms with Gasteiger partial charge in [-0.2, -0.15) is 0 Å². The van der Waals surface area contributed by atoms with Gasteiger partial charge in [-0.25, -0.2) is 0 Å². The summed E-state index contributed by atoms with van der Waals surface area (Å²) in [6, 6.07) is 11.3. The maximum Gasteiger partial charge on any atom is 0.269 e. The number of hydrogen-bond acceptors (Lipinski definition) is 5. The normalized spacial score (nSPS) is 10.3. The van der Waals surface area contributed by atoms with E-state index in [1.54, 1.807) is 37.3 Å². The van der Waals surface area contributed by atoms with E-state index >= 15 is 0 Å². The van der Waals surface area contributed by atoms with Crippen molar-refractivity contribution in [3.8, 4) is 5.75 Å². The molecule has 160 valence electrons. The Morgan fingerprint density at radius 2 is 1.80 bits per heavy atom. The Labute approximate surface area is 182 Å². The van der Waals surface area contributed by atoms with Gasteiger partial charge in [-0.1, -0.05) is 32.6 Å². The van der Waals surface area contributed by atoms with E-state index in [0.717, 1.165) is 18.6 Å². The summed E-state index contributed by atoms with van der Waals surface area (Å²) in [6.07, 6.45) is 5.88. The van der Waals surface area contributed by atoms with Crippen LogP contribution in [0.2, 0.25) is 0 Å². The number of benzene rings is 2. The van der Waals surface area contributed by atoms with Gasteiger partial charge in [-0.15, -0.1) is 0 Å². The molecule has 0 atom stereocenters. The van der Waals surface area contributed by atoms with E-state index in [9.17, 15) is 14.9 Å². The molecule has 0 bridgehead atoms. The van der Waals surface area contributed by atoms with Gasteiger partial charge in [0.2, 0.25) is 0 Å². The number of ether oxygens (including phenoxy) is 1. The predicted molar refractivity (Wildman–Crippen MR) is 122 cm³/mol. The van der Waals surface area contributed by atoms with E-state index in [-0.39, 0.29) is 16.7 Å². The Bertz CT molecular complexity index is 884. The molecule has 2 N–H and O–H groups in total. The number of amides is 1. The third-order valence-corrected chi connectivity index (χ3v) is 4.73. The molecule has 0 aliphatic heterocycles. The van der Waals surface area contributed by atoms with Crippen LogP contribution in [0.5, 0.6) is 5.75 Å². The van der Waals surface area contributed by atoms with E-state index < -0.39 is 4.92 Å². The van der Waals surface area contributed by atoms with Gasteiger partial charge in [-0.05, 0) is 61.5 Å². The largest absolute Gasteiger partial charge is 0.494 e. The zero-order valence-corrected chi connectivity index (χ0v) is 18.1. The summed E-state index contributed by atoms with van der Waals surface area (Å²) < 4.78 is 5.70. The average Bonchev–Trinajstić information content (AvgIpc) is 2.72. The number of nitro benzene ring substituents is 1. The van der Waals surface area contributed by atoms with Gasteiger partial charge in [0.15, 0.2) is 5.11 Å². The van der Waals surface area contributed by atoms with Crippen LogP contribution in [0.25, 0.3) is 0 Å². The summed E-state index contributed by atoms with van der Waals surface area (Å²) in [5, 5.41) is 16.4. The third kappa shape index (κ3) is 7.44. The van der Waals surface area contributed by atoms with Crippen LogP contribution in [0.3, 0.4) is 0 Å². The van der Waals surface area contributed by atoms with Crippen LogP contribution in [-0.2, 0) is 0 Å². The Morgan fingerprint density at radius 1 is 1.10 bits per heavy atom. The van der Waals surface area contributed by atoms with Crippen molar-refractivity contribution < 1.29 is 14.5 Å². The van der Waals surface area contributed by atoms with Crippen molar-refractivity contribution in [2.24, 2.45) is 0 Å². The maximum atomic E-state index is 12.4. The van der Waals surface area contributed by atoms with Crippen molar-refractivity contribution in [2.45, 2.75) is 46.0 Å². The first-order valence-corrected chi connectivity index (χ1v) is 10.4. The Hall–Kier alpha value is -3.00. The van der Waals surface area contributed by atoms with E-state index in [4.69, 9.17) is 17.0 Å². The summed E-state index contributed by atoms with van der Waals surface area (Å²) in [5.74, 6) is 0.377. The fourth-order valence-corrected chi connectivity index (χ4v) is 3.03. The minimum Gasteiger partial charge on any atom is -0.494 e. The van der Waals surface area contributed by atoms with E-state index in [1.165, 1.54) is 31.4 Å². The van der Waals surface area contributed by atoms with Gasteiger partial charge in [0.25, 0.3) is 11.6 Å². The van der Waals surface area contributed by atoms with Crippen molar-refractivity contribution in [1.29, 1.82) is 0 Å². The van der Waals surface area contributed by atoms with Crippen LogP contribution in [0.1, 0.15) is 54.9 Å². The molecule has 30 heavy (non-hydrogen) atoms. The number of aryl methyl sites for hydroxylation is 1. The van der Waals surface area contributed by atoms with Crippen LogP contribution in [0, 0.1) is 17.0 Å². The van der Waals surface area contributed by atoms with Crippen molar-refractivity contribution >= 4 is 34.6 Å². The first-order valence-electron chi connectivity index (χ1n) is 10.0. The van der Waals surface area contributed by atoms with Crippen LogP contribution < -0.4 is 15.4 Å². The van der Waals surface area contributed by atoms with Gasteiger partial charge < -0.3 is 10.1 Å². The number of nitro groups is 1. The highest BCUT2D eigenvalue weighted by molar-refractivity contribution is 7.80. The summed E-state index contributed by atoms with van der Waals surface area (Å²) in [4.78, 5) is 22.7. The monoisotopic (exact) mass is 429 g/mol. The summed E-state index contributed by atoms with van der Waals surface area (Å²) >= 11 is 5.18. The van der Waals surface area contributed by atoms with Gasteiger partial charge >= 0.3 is 0 Å². The number of rotatable bonds is 10. The number of anilines is 1. The second kappa shape index (κ2) is 11.9. The molecule has 0 saturated heterocycles. The smallest absolute Gasteiger partial charge is 0.269 e. The molecule has 0 saturated carbocycles. The molecule has 0 aliphatic carbocycles. The molecule has 0 heterocycles. The molecule has 0 unspecified atom stereocenters. The second-order valence-electron chi connectivity index (χ2n) is 6.95. The van der Waals surface area contributed by atoms with Crippen LogP contribution in [0.15, 0.2) is 42.5 Å². The lowest BCUT2D eigenvalue weighted by Gasteiger charge is -2.12. The number of non-ortho nitro benzene ring substituents is 1. The van der Waals surface area contributed by atoms with E-state index in [1.807, 2.05) is 0 Å². The first kappa shape index (κ1) is 23.3. The van der Waals surface area contributed by atoms with E-state index in [0.29, 0.717) is 23.4 Å². The highest BCUT2D eigenvalue weighted by Gasteiger charge is 2.11. The number of nitrogens with zero attached hydrogens (tertiary/aromatic N) is 1. The third-order valence-electron chi connectivity index (χ3n) is 4.53. The van der Waals surface area contributed by atoms with Gasteiger partial charge in [0.05, 0.1) is 11.5 Å². The second-order valence-corrected chi connectivity index (χ2v) is 7.36. The van der Waals surface area contributed by atoms with Crippen LogP contribution in [-0.4, -0.2) is 22.5 Å². The van der Waals surface area contributed by atoms with Gasteiger partial charge in [0.1, 0.15) is 5.75 Å². The Kier molecular flexibility index (Phi) is 9.21. The lowest BCUT2D eigenvalue weighted by Crippen LogP contribution is -2.34. The summed E-state index contributed by atoms with van der Waals surface area (Å²) in [7, 11) is 0. The molecular formula is C22H27N3O4S. The lowest BCUT2D eigenvalue weighted by atomic mass is 10.2. The zero-order valence-electron chi connectivity index (χ0n) is 17.3. The van der Waals surface area contributed by atoms with Crippen molar-refractivity contribution in [1.82, 2.24) is 5.32 Å². The molecule has 2 aromatic carbocycles. The highest BCUT2D eigenvalue weighted by atomic mass is 32.1. The summed E-state index contributed by atoms with van der Waals surface area (Å²) in [5.41, 5.74) is 1.69. The minimum absolute atomic E-state index is 0.00345. The van der Waals surface area contributed by atoms with Gasteiger partial charge in [0, 0.05) is 23.4 Å². The highest BCUT2D eigenvalue weighted by Crippen LogP contribution is 2.21. The molecule has 0 aromatic heterocycles. The molecular weight excluding hydrogens is 402 g/mol. The molecule has 0 spiro atoms. The first-order chi connectivity index (χ1) is 14.4. The number of carbonyl (C=O) groups is 1. The average molecular weight is 430 g/mol. The molecule has 2 aromatic rings. The van der Waals surface area contributed by atoms with E-state index in [2.05, 4.69) is 17.6 Å². The molecule has 0 aliphatic rings.